The number of hydrazine groups is 1. The Labute approximate surface area is 103 Å². The molecule has 0 aliphatic carbocycles. The largest absolute Gasteiger partial charge is 0.366 e. The zero-order chi connectivity index (χ0) is 13.8. The fourth-order valence-corrected chi connectivity index (χ4v) is 1.58. The predicted octanol–water partition coefficient (Wildman–Crippen LogP) is -0.393. The first kappa shape index (κ1) is 14.5. The summed E-state index contributed by atoms with van der Waals surface area (Å²) in [4.78, 5) is 3.55. The van der Waals surface area contributed by atoms with E-state index in [9.17, 15) is 17.2 Å². The lowest BCUT2D eigenvalue weighted by Crippen LogP contribution is -2.28. The van der Waals surface area contributed by atoms with Crippen molar-refractivity contribution in [2.75, 3.05) is 30.1 Å². The van der Waals surface area contributed by atoms with Crippen molar-refractivity contribution < 1.29 is 17.2 Å². The van der Waals surface area contributed by atoms with Crippen molar-refractivity contribution in [2.24, 2.45) is 5.84 Å². The van der Waals surface area contributed by atoms with Gasteiger partial charge >= 0.3 is 0 Å². The number of hydrogen-bond donors (Lipinski definition) is 4. The summed E-state index contributed by atoms with van der Waals surface area (Å²) in [5.41, 5.74) is 1.97. The molecule has 7 nitrogen and oxygen atoms in total. The molecule has 18 heavy (non-hydrogen) atoms. The van der Waals surface area contributed by atoms with Crippen molar-refractivity contribution in [3.8, 4) is 0 Å². The molecule has 10 heteroatoms. The number of nitrogens with zero attached hydrogens (tertiary/aromatic N) is 1. The Balaban J connectivity index is 2.62. The molecule has 0 aliphatic heterocycles. The fourth-order valence-electron chi connectivity index (χ4n) is 1.11. The first-order valence-electron chi connectivity index (χ1n) is 4.84. The number of hydrogen-bond acceptors (Lipinski definition) is 6. The van der Waals surface area contributed by atoms with E-state index in [2.05, 4.69) is 15.0 Å². The average molecular weight is 281 g/mol. The van der Waals surface area contributed by atoms with Crippen molar-refractivity contribution in [1.29, 1.82) is 0 Å². The van der Waals surface area contributed by atoms with Crippen molar-refractivity contribution in [3.05, 3.63) is 17.7 Å². The molecule has 0 atom stereocenters. The Hall–Kier alpha value is -1.52. The minimum Gasteiger partial charge on any atom is -0.366 e. The lowest BCUT2D eigenvalue weighted by molar-refractivity contribution is 0.578. The minimum absolute atomic E-state index is 0.0444. The summed E-state index contributed by atoms with van der Waals surface area (Å²) in [6.45, 7) is 0.134. The maximum Gasteiger partial charge on any atom is 0.208 e. The van der Waals surface area contributed by atoms with Gasteiger partial charge in [-0.25, -0.2) is 32.7 Å². The van der Waals surface area contributed by atoms with Crippen LogP contribution in [0.1, 0.15) is 0 Å². The standard InChI is InChI=1S/C8H13F2N5O2S/c1-18(16,17)13-3-2-12-7-5(9)4-6(10)8(14-7)15-11/h4,13H,2-3,11H2,1H3,(H2,12,14,15). The molecular weight excluding hydrogens is 268 g/mol. The van der Waals surface area contributed by atoms with Crippen molar-refractivity contribution >= 4 is 21.7 Å². The van der Waals surface area contributed by atoms with Gasteiger partial charge in [-0.05, 0) is 0 Å². The predicted molar refractivity (Wildman–Crippen MR) is 63.3 cm³/mol. The SMILES string of the molecule is CS(=O)(=O)NCCNc1nc(NN)c(F)cc1F. The van der Waals surface area contributed by atoms with Crippen molar-refractivity contribution in [3.63, 3.8) is 0 Å². The van der Waals surface area contributed by atoms with Crippen LogP contribution in [0.4, 0.5) is 20.4 Å². The second kappa shape index (κ2) is 5.89. The van der Waals surface area contributed by atoms with E-state index in [1.165, 1.54) is 0 Å². The molecule has 102 valence electrons. The molecule has 1 aromatic rings. The van der Waals surface area contributed by atoms with Crippen LogP contribution in [0.15, 0.2) is 6.07 Å². The van der Waals surface area contributed by atoms with E-state index in [1.54, 1.807) is 0 Å². The number of pyridine rings is 1. The first-order chi connectivity index (χ1) is 8.33. The van der Waals surface area contributed by atoms with Gasteiger partial charge in [-0.3, -0.25) is 0 Å². The van der Waals surface area contributed by atoms with Gasteiger partial charge in [0.2, 0.25) is 10.0 Å². The van der Waals surface area contributed by atoms with Gasteiger partial charge in [-0.1, -0.05) is 0 Å². The highest BCUT2D eigenvalue weighted by atomic mass is 32.2. The third-order valence-corrected chi connectivity index (χ3v) is 2.58. The number of anilines is 2. The normalized spacial score (nSPS) is 11.3. The quantitative estimate of drug-likeness (QED) is 0.321. The lowest BCUT2D eigenvalue weighted by Gasteiger charge is -2.09. The molecule has 0 amide bonds. The molecule has 1 aromatic heterocycles. The smallest absolute Gasteiger partial charge is 0.208 e. The second-order valence-corrected chi connectivity index (χ2v) is 5.22. The van der Waals surface area contributed by atoms with E-state index in [4.69, 9.17) is 5.84 Å². The summed E-state index contributed by atoms with van der Waals surface area (Å²) >= 11 is 0. The number of rotatable bonds is 6. The van der Waals surface area contributed by atoms with E-state index >= 15 is 0 Å². The maximum atomic E-state index is 13.3. The number of halogens is 2. The molecule has 0 spiro atoms. The molecule has 0 aliphatic rings. The van der Waals surface area contributed by atoms with Crippen LogP contribution in [0.2, 0.25) is 0 Å². The van der Waals surface area contributed by atoms with Gasteiger partial charge in [0.05, 0.1) is 6.26 Å². The lowest BCUT2D eigenvalue weighted by atomic mass is 10.4. The summed E-state index contributed by atoms with van der Waals surface area (Å²) in [5.74, 6) is 2.64. The highest BCUT2D eigenvalue weighted by Gasteiger charge is 2.10. The molecule has 0 saturated heterocycles. The Bertz CT molecular complexity index is 522. The van der Waals surface area contributed by atoms with Gasteiger partial charge in [-0.15, -0.1) is 0 Å². The molecule has 5 N–H and O–H groups in total. The van der Waals surface area contributed by atoms with Crippen molar-refractivity contribution in [2.45, 2.75) is 0 Å². The van der Waals surface area contributed by atoms with Gasteiger partial charge in [0, 0.05) is 19.2 Å². The molecule has 0 bridgehead atoms. The van der Waals surface area contributed by atoms with Gasteiger partial charge < -0.3 is 10.7 Å². The minimum atomic E-state index is -3.30. The highest BCUT2D eigenvalue weighted by molar-refractivity contribution is 7.88. The third-order valence-electron chi connectivity index (χ3n) is 1.85. The molecule has 1 rings (SSSR count). The van der Waals surface area contributed by atoms with Crippen LogP contribution < -0.4 is 21.3 Å². The Morgan fingerprint density at radius 3 is 2.44 bits per heavy atom. The number of aromatic nitrogens is 1. The van der Waals surface area contributed by atoms with E-state index in [0.717, 1.165) is 6.26 Å². The van der Waals surface area contributed by atoms with Crippen LogP contribution in [0.5, 0.6) is 0 Å². The van der Waals surface area contributed by atoms with Gasteiger partial charge in [0.15, 0.2) is 23.3 Å². The Morgan fingerprint density at radius 1 is 1.28 bits per heavy atom. The summed E-state index contributed by atoms with van der Waals surface area (Å²) in [5, 5.41) is 2.51. The molecule has 0 aromatic carbocycles. The number of nitrogens with two attached hydrogens (primary N) is 1. The Kier molecular flexibility index (Phi) is 4.76. The van der Waals surface area contributed by atoms with Crippen LogP contribution in [0, 0.1) is 11.6 Å². The molecule has 0 fully saturated rings. The van der Waals surface area contributed by atoms with E-state index in [1.807, 2.05) is 5.43 Å². The monoisotopic (exact) mass is 281 g/mol. The highest BCUT2D eigenvalue weighted by Crippen LogP contribution is 2.17. The van der Waals surface area contributed by atoms with E-state index in [-0.39, 0.29) is 24.7 Å². The fraction of sp³-hybridized carbons (Fsp3) is 0.375. The maximum absolute atomic E-state index is 13.3. The molecule has 0 unspecified atom stereocenters. The van der Waals surface area contributed by atoms with Crippen LogP contribution in [0.3, 0.4) is 0 Å². The van der Waals surface area contributed by atoms with Crippen molar-refractivity contribution in [1.82, 2.24) is 9.71 Å². The number of nitrogens with one attached hydrogen (secondary N) is 3. The zero-order valence-corrected chi connectivity index (χ0v) is 10.3. The topological polar surface area (TPSA) is 109 Å². The van der Waals surface area contributed by atoms with Gasteiger partial charge in [-0.2, -0.15) is 0 Å². The summed E-state index contributed by atoms with van der Waals surface area (Å²) in [6.07, 6.45) is 1.00. The van der Waals surface area contributed by atoms with Crippen LogP contribution in [-0.4, -0.2) is 32.7 Å². The van der Waals surface area contributed by atoms with Crippen LogP contribution in [0.25, 0.3) is 0 Å². The summed E-state index contributed by atoms with van der Waals surface area (Å²) in [6, 6.07) is 0.620. The Morgan fingerprint density at radius 2 is 1.89 bits per heavy atom. The molecule has 0 radical (unpaired) electrons. The number of nitrogen functional groups attached to an aromatic ring is 1. The zero-order valence-electron chi connectivity index (χ0n) is 9.50. The van der Waals surface area contributed by atoms with E-state index in [0.29, 0.717) is 6.07 Å². The number of sulfonamides is 1. The summed E-state index contributed by atoms with van der Waals surface area (Å²) < 4.78 is 50.0. The second-order valence-electron chi connectivity index (χ2n) is 3.39. The third kappa shape index (κ3) is 4.39. The van der Waals surface area contributed by atoms with Crippen LogP contribution in [-0.2, 0) is 10.0 Å². The molecule has 1 heterocycles. The molecular formula is C8H13F2N5O2S. The first-order valence-corrected chi connectivity index (χ1v) is 6.74. The summed E-state index contributed by atoms with van der Waals surface area (Å²) in [7, 11) is -3.30. The van der Waals surface area contributed by atoms with Gasteiger partial charge in [0.25, 0.3) is 0 Å². The molecule has 0 saturated carbocycles. The average Bonchev–Trinajstić information content (AvgIpc) is 2.25. The van der Waals surface area contributed by atoms with Crippen LogP contribution >= 0.6 is 0 Å². The van der Waals surface area contributed by atoms with E-state index < -0.39 is 21.7 Å². The van der Waals surface area contributed by atoms with Gasteiger partial charge in [0.1, 0.15) is 0 Å².